The smallest absolute Gasteiger partial charge is 0.269 e. The van der Waals surface area contributed by atoms with Crippen LogP contribution in [0.5, 0.6) is 0 Å². The molecule has 24 heavy (non-hydrogen) atoms. The van der Waals surface area contributed by atoms with Gasteiger partial charge in [-0.2, -0.15) is 0 Å². The van der Waals surface area contributed by atoms with Crippen molar-refractivity contribution in [3.05, 3.63) is 58.8 Å². The molecule has 0 atom stereocenters. The molecule has 122 valence electrons. The van der Waals surface area contributed by atoms with Gasteiger partial charge in [-0.05, 0) is 43.5 Å². The van der Waals surface area contributed by atoms with Gasteiger partial charge in [0.25, 0.3) is 5.91 Å². The molecule has 0 aliphatic carbocycles. The summed E-state index contributed by atoms with van der Waals surface area (Å²) < 4.78 is 14.0. The Bertz CT molecular complexity index is 920. The van der Waals surface area contributed by atoms with Crippen LogP contribution in [0.4, 0.5) is 4.39 Å². The molecule has 3 rings (SSSR count). The van der Waals surface area contributed by atoms with Crippen LogP contribution < -0.4 is 10.8 Å². The maximum atomic E-state index is 14.0. The van der Waals surface area contributed by atoms with Crippen LogP contribution in [-0.4, -0.2) is 30.3 Å². The summed E-state index contributed by atoms with van der Waals surface area (Å²) >= 11 is 0. The fraction of sp³-hybridized carbons (Fsp3) is 0.222. The number of carbonyl (C=O) groups is 1. The summed E-state index contributed by atoms with van der Waals surface area (Å²) in [5.41, 5.74) is 4.94. The highest BCUT2D eigenvalue weighted by atomic mass is 19.1. The first-order valence-corrected chi connectivity index (χ1v) is 7.94. The number of hydrogen-bond acceptors (Lipinski definition) is 2. The zero-order valence-corrected chi connectivity index (χ0v) is 14.0. The van der Waals surface area contributed by atoms with E-state index in [1.165, 1.54) is 6.07 Å². The maximum Gasteiger partial charge on any atom is 0.269 e. The Hall–Kier alpha value is -2.63. The standard InChI is InChI=1S/C18H19BFN3O/c1-10-3-4-14(20)17-16(10)13(11(2)23-17)6-8-22-18(24)15-9-12(19)5-7-21-15/h3-5,7,9,23H,6,8,19H2,1-2H3,(H,22,24). The lowest BCUT2D eigenvalue weighted by molar-refractivity contribution is 0.0949. The number of aromatic nitrogens is 2. The van der Waals surface area contributed by atoms with Crippen LogP contribution >= 0.6 is 0 Å². The van der Waals surface area contributed by atoms with E-state index in [0.717, 1.165) is 27.7 Å². The molecule has 0 fully saturated rings. The lowest BCUT2D eigenvalue weighted by Gasteiger charge is -2.07. The van der Waals surface area contributed by atoms with E-state index in [0.29, 0.717) is 24.2 Å². The summed E-state index contributed by atoms with van der Waals surface area (Å²) in [5.74, 6) is -0.447. The van der Waals surface area contributed by atoms with Crippen molar-refractivity contribution in [2.75, 3.05) is 6.54 Å². The van der Waals surface area contributed by atoms with E-state index in [-0.39, 0.29) is 11.7 Å². The number of halogens is 1. The summed E-state index contributed by atoms with van der Waals surface area (Å²) in [6.07, 6.45) is 2.26. The molecule has 0 aliphatic heterocycles. The predicted molar refractivity (Wildman–Crippen MR) is 96.2 cm³/mol. The van der Waals surface area contributed by atoms with E-state index in [1.54, 1.807) is 18.3 Å². The first kappa shape index (κ1) is 16.2. The molecule has 3 aromatic rings. The number of carbonyl (C=O) groups excluding carboxylic acids is 1. The first-order chi connectivity index (χ1) is 11.5. The minimum Gasteiger partial charge on any atom is -0.356 e. The number of hydrogen-bond donors (Lipinski definition) is 2. The molecule has 1 amide bonds. The molecule has 1 aromatic carbocycles. The average Bonchev–Trinajstić information content (AvgIpc) is 2.89. The van der Waals surface area contributed by atoms with Crippen LogP contribution in [0.15, 0.2) is 30.5 Å². The molecule has 0 bridgehead atoms. The van der Waals surface area contributed by atoms with Gasteiger partial charge in [-0.25, -0.2) is 4.39 Å². The third-order valence-electron chi connectivity index (χ3n) is 4.24. The van der Waals surface area contributed by atoms with Gasteiger partial charge >= 0.3 is 0 Å². The molecule has 2 N–H and O–H groups in total. The van der Waals surface area contributed by atoms with E-state index in [2.05, 4.69) is 15.3 Å². The summed E-state index contributed by atoms with van der Waals surface area (Å²) in [6.45, 7) is 4.37. The molecule has 2 aromatic heterocycles. The number of fused-ring (bicyclic) bond motifs is 1. The van der Waals surface area contributed by atoms with Crippen molar-refractivity contribution in [2.24, 2.45) is 0 Å². The van der Waals surface area contributed by atoms with Gasteiger partial charge in [-0.1, -0.05) is 17.6 Å². The van der Waals surface area contributed by atoms with Crippen molar-refractivity contribution in [3.63, 3.8) is 0 Å². The lowest BCUT2D eigenvalue weighted by Crippen LogP contribution is -2.27. The maximum absolute atomic E-state index is 14.0. The zero-order chi connectivity index (χ0) is 17.3. The molecule has 0 unspecified atom stereocenters. The van der Waals surface area contributed by atoms with Crippen molar-refractivity contribution >= 4 is 30.1 Å². The van der Waals surface area contributed by atoms with Gasteiger partial charge in [0, 0.05) is 23.8 Å². The van der Waals surface area contributed by atoms with Crippen LogP contribution in [0.3, 0.4) is 0 Å². The topological polar surface area (TPSA) is 57.8 Å². The summed E-state index contributed by atoms with van der Waals surface area (Å²) in [5, 5.41) is 3.79. The Labute approximate surface area is 140 Å². The van der Waals surface area contributed by atoms with Crippen LogP contribution in [0.25, 0.3) is 10.9 Å². The van der Waals surface area contributed by atoms with E-state index < -0.39 is 0 Å². The van der Waals surface area contributed by atoms with Crippen molar-refractivity contribution in [1.29, 1.82) is 0 Å². The summed E-state index contributed by atoms with van der Waals surface area (Å²) in [7, 11) is 1.92. The van der Waals surface area contributed by atoms with Crippen LogP contribution in [-0.2, 0) is 6.42 Å². The second-order valence-corrected chi connectivity index (χ2v) is 6.07. The van der Waals surface area contributed by atoms with E-state index in [1.807, 2.05) is 27.8 Å². The first-order valence-electron chi connectivity index (χ1n) is 7.94. The van der Waals surface area contributed by atoms with Gasteiger partial charge in [0.1, 0.15) is 19.4 Å². The normalized spacial score (nSPS) is 11.0. The molecule has 0 saturated carbocycles. The van der Waals surface area contributed by atoms with Gasteiger partial charge in [0.05, 0.1) is 5.52 Å². The van der Waals surface area contributed by atoms with Gasteiger partial charge in [0.2, 0.25) is 0 Å². The van der Waals surface area contributed by atoms with Crippen LogP contribution in [0, 0.1) is 19.7 Å². The number of amides is 1. The fourth-order valence-corrected chi connectivity index (χ4v) is 3.01. The number of benzene rings is 1. The number of aryl methyl sites for hydroxylation is 2. The van der Waals surface area contributed by atoms with E-state index in [9.17, 15) is 9.18 Å². The number of pyridine rings is 1. The zero-order valence-electron chi connectivity index (χ0n) is 14.0. The molecule has 6 heteroatoms. The highest BCUT2D eigenvalue weighted by Crippen LogP contribution is 2.27. The highest BCUT2D eigenvalue weighted by molar-refractivity contribution is 6.32. The van der Waals surface area contributed by atoms with Crippen molar-refractivity contribution in [3.8, 4) is 0 Å². The Morgan fingerprint density at radius 2 is 2.12 bits per heavy atom. The second-order valence-electron chi connectivity index (χ2n) is 6.07. The van der Waals surface area contributed by atoms with Gasteiger partial charge < -0.3 is 10.3 Å². The Morgan fingerprint density at radius 3 is 2.88 bits per heavy atom. The van der Waals surface area contributed by atoms with Crippen molar-refractivity contribution in [2.45, 2.75) is 20.3 Å². The number of rotatable bonds is 4. The van der Waals surface area contributed by atoms with E-state index >= 15 is 0 Å². The third-order valence-corrected chi connectivity index (χ3v) is 4.24. The van der Waals surface area contributed by atoms with Gasteiger partial charge in [0.15, 0.2) is 0 Å². The lowest BCUT2D eigenvalue weighted by atomic mass is 9.97. The molecule has 0 saturated heterocycles. The molecule has 0 spiro atoms. The number of H-pyrrole nitrogens is 1. The second kappa shape index (κ2) is 6.47. The predicted octanol–water partition coefficient (Wildman–Crippen LogP) is 1.55. The summed E-state index contributed by atoms with van der Waals surface area (Å²) in [6, 6.07) is 6.86. The third kappa shape index (κ3) is 3.04. The summed E-state index contributed by atoms with van der Waals surface area (Å²) in [4.78, 5) is 19.3. The van der Waals surface area contributed by atoms with Gasteiger partial charge in [-0.3, -0.25) is 9.78 Å². The average molecular weight is 323 g/mol. The van der Waals surface area contributed by atoms with Crippen molar-refractivity contribution in [1.82, 2.24) is 15.3 Å². The molecular weight excluding hydrogens is 304 g/mol. The SMILES string of the molecule is Bc1ccnc(C(=O)NCCc2c(C)[nH]c3c(F)ccc(C)c23)c1. The largest absolute Gasteiger partial charge is 0.356 e. The minimum absolute atomic E-state index is 0.195. The number of nitrogens with zero attached hydrogens (tertiary/aromatic N) is 1. The molecule has 4 nitrogen and oxygen atoms in total. The molecular formula is C18H19BFN3O. The highest BCUT2D eigenvalue weighted by Gasteiger charge is 2.14. The monoisotopic (exact) mass is 323 g/mol. The number of nitrogens with one attached hydrogen (secondary N) is 2. The fourth-order valence-electron chi connectivity index (χ4n) is 3.01. The molecule has 0 aliphatic rings. The van der Waals surface area contributed by atoms with Gasteiger partial charge in [-0.15, -0.1) is 0 Å². The quantitative estimate of drug-likeness (QED) is 0.716. The van der Waals surface area contributed by atoms with Crippen LogP contribution in [0.1, 0.15) is 27.3 Å². The van der Waals surface area contributed by atoms with Crippen molar-refractivity contribution < 1.29 is 9.18 Å². The Morgan fingerprint density at radius 1 is 1.33 bits per heavy atom. The Balaban J connectivity index is 1.76. The van der Waals surface area contributed by atoms with E-state index in [4.69, 9.17) is 0 Å². The minimum atomic E-state index is -0.252. The molecule has 2 heterocycles. The molecule has 0 radical (unpaired) electrons. The van der Waals surface area contributed by atoms with Crippen LogP contribution in [0.2, 0.25) is 0 Å². The Kier molecular flexibility index (Phi) is 4.38. The number of aromatic amines is 1.